The molecule has 2 atom stereocenters. The molecule has 0 saturated carbocycles. The van der Waals surface area contributed by atoms with E-state index in [1.807, 2.05) is 6.92 Å². The maximum atomic E-state index is 10.8. The first-order valence-corrected chi connectivity index (χ1v) is 3.24. The number of ether oxygens (including phenoxy) is 2. The second kappa shape index (κ2) is 4.28. The minimum atomic E-state index is -0.227. The highest BCUT2D eigenvalue weighted by Gasteiger charge is 2.19. The van der Waals surface area contributed by atoms with E-state index >= 15 is 0 Å². The van der Waals surface area contributed by atoms with Gasteiger partial charge in [0.2, 0.25) is 0 Å². The summed E-state index contributed by atoms with van der Waals surface area (Å²) < 4.78 is 9.45. The van der Waals surface area contributed by atoms with Crippen LogP contribution in [0.1, 0.15) is 13.8 Å². The van der Waals surface area contributed by atoms with Crippen molar-refractivity contribution in [2.24, 2.45) is 5.92 Å². The number of carbonyl (C=O) groups excluding carboxylic acids is 1. The molecule has 0 aliphatic carbocycles. The molecule has 0 aromatic heterocycles. The third-order valence-corrected chi connectivity index (χ3v) is 1.65. The van der Waals surface area contributed by atoms with Gasteiger partial charge in [0.1, 0.15) is 0 Å². The Morgan fingerprint density at radius 1 is 1.30 bits per heavy atom. The van der Waals surface area contributed by atoms with Crippen molar-refractivity contribution < 1.29 is 14.3 Å². The van der Waals surface area contributed by atoms with Crippen LogP contribution in [-0.2, 0) is 14.3 Å². The van der Waals surface area contributed by atoms with Crippen LogP contribution in [0.25, 0.3) is 0 Å². The summed E-state index contributed by atoms with van der Waals surface area (Å²) in [4.78, 5) is 10.8. The Labute approximate surface area is 61.3 Å². The normalized spacial score (nSPS) is 16.0. The number of hydrogen-bond donors (Lipinski definition) is 0. The molecule has 0 aromatic carbocycles. The molecule has 0 spiro atoms. The van der Waals surface area contributed by atoms with Crippen LogP contribution in [0.2, 0.25) is 0 Å². The van der Waals surface area contributed by atoms with Crippen LogP contribution in [0.15, 0.2) is 0 Å². The Morgan fingerprint density at radius 3 is 2.10 bits per heavy atom. The smallest absolute Gasteiger partial charge is 0.311 e. The first-order valence-electron chi connectivity index (χ1n) is 3.24. The standard InChI is InChI=1S/C7H14O3/c1-5(6(2)9-3)7(8)10-4/h5-6H,1-4H3/t5-,6+/m0/s1. The molecule has 0 radical (unpaired) electrons. The zero-order valence-electron chi connectivity index (χ0n) is 6.88. The summed E-state index contributed by atoms with van der Waals surface area (Å²) in [7, 11) is 2.95. The first kappa shape index (κ1) is 9.43. The van der Waals surface area contributed by atoms with E-state index < -0.39 is 0 Å². The second-order valence-corrected chi connectivity index (χ2v) is 2.25. The second-order valence-electron chi connectivity index (χ2n) is 2.25. The molecule has 0 rings (SSSR count). The van der Waals surface area contributed by atoms with Gasteiger partial charge in [0.15, 0.2) is 0 Å². The number of carbonyl (C=O) groups is 1. The highest BCUT2D eigenvalue weighted by Crippen LogP contribution is 2.06. The van der Waals surface area contributed by atoms with Crippen LogP contribution in [0.4, 0.5) is 0 Å². The van der Waals surface area contributed by atoms with Gasteiger partial charge in [-0.1, -0.05) is 0 Å². The number of esters is 1. The van der Waals surface area contributed by atoms with E-state index in [0.717, 1.165) is 0 Å². The molecule has 60 valence electrons. The van der Waals surface area contributed by atoms with Gasteiger partial charge in [-0.25, -0.2) is 0 Å². The Balaban J connectivity index is 3.81. The van der Waals surface area contributed by atoms with E-state index in [-0.39, 0.29) is 18.0 Å². The predicted octanol–water partition coefficient (Wildman–Crippen LogP) is 0.830. The van der Waals surface area contributed by atoms with Crippen molar-refractivity contribution in [3.63, 3.8) is 0 Å². The van der Waals surface area contributed by atoms with Crippen molar-refractivity contribution in [1.29, 1.82) is 0 Å². The number of hydrogen-bond acceptors (Lipinski definition) is 3. The van der Waals surface area contributed by atoms with E-state index in [9.17, 15) is 4.79 Å². The van der Waals surface area contributed by atoms with Gasteiger partial charge in [-0.3, -0.25) is 4.79 Å². The molecule has 3 heteroatoms. The Morgan fingerprint density at radius 2 is 1.80 bits per heavy atom. The van der Waals surface area contributed by atoms with Crippen LogP contribution >= 0.6 is 0 Å². The topological polar surface area (TPSA) is 35.5 Å². The molecule has 0 aliphatic heterocycles. The van der Waals surface area contributed by atoms with Crippen LogP contribution in [0, 0.1) is 5.92 Å². The molecular weight excluding hydrogens is 132 g/mol. The lowest BCUT2D eigenvalue weighted by Crippen LogP contribution is -2.25. The average Bonchev–Trinajstić information content (AvgIpc) is 2.00. The summed E-state index contributed by atoms with van der Waals surface area (Å²) in [6.07, 6.45) is -0.0764. The van der Waals surface area contributed by atoms with Gasteiger partial charge in [0.05, 0.1) is 19.1 Å². The van der Waals surface area contributed by atoms with Gasteiger partial charge in [0.25, 0.3) is 0 Å². The molecule has 0 N–H and O–H groups in total. The fraction of sp³-hybridized carbons (Fsp3) is 0.857. The molecule has 10 heavy (non-hydrogen) atoms. The summed E-state index contributed by atoms with van der Waals surface area (Å²) in [5.41, 5.74) is 0. The molecular formula is C7H14O3. The largest absolute Gasteiger partial charge is 0.469 e. The molecule has 0 aromatic rings. The Hall–Kier alpha value is -0.570. The zero-order chi connectivity index (χ0) is 8.15. The summed E-state index contributed by atoms with van der Waals surface area (Å²) >= 11 is 0. The van der Waals surface area contributed by atoms with E-state index in [4.69, 9.17) is 4.74 Å². The maximum Gasteiger partial charge on any atom is 0.311 e. The molecule has 3 nitrogen and oxygen atoms in total. The summed E-state index contributed by atoms with van der Waals surface area (Å²) in [6, 6.07) is 0. The monoisotopic (exact) mass is 146 g/mol. The highest BCUT2D eigenvalue weighted by atomic mass is 16.5. The summed E-state index contributed by atoms with van der Waals surface area (Å²) in [5.74, 6) is -0.413. The van der Waals surface area contributed by atoms with Gasteiger partial charge >= 0.3 is 5.97 Å². The van der Waals surface area contributed by atoms with Crippen molar-refractivity contribution in [2.75, 3.05) is 14.2 Å². The quantitative estimate of drug-likeness (QED) is 0.553. The van der Waals surface area contributed by atoms with Crippen molar-refractivity contribution >= 4 is 5.97 Å². The van der Waals surface area contributed by atoms with Crippen molar-refractivity contribution in [2.45, 2.75) is 20.0 Å². The summed E-state index contributed by atoms with van der Waals surface area (Å²) in [6.45, 7) is 3.61. The van der Waals surface area contributed by atoms with Crippen LogP contribution in [-0.4, -0.2) is 26.3 Å². The fourth-order valence-electron chi connectivity index (χ4n) is 0.582. The van der Waals surface area contributed by atoms with Gasteiger partial charge < -0.3 is 9.47 Å². The molecule has 0 bridgehead atoms. The first-order chi connectivity index (χ1) is 4.63. The van der Waals surface area contributed by atoms with Gasteiger partial charge in [-0.15, -0.1) is 0 Å². The Kier molecular flexibility index (Phi) is 4.03. The molecule has 0 aliphatic rings. The minimum Gasteiger partial charge on any atom is -0.469 e. The van der Waals surface area contributed by atoms with E-state index in [2.05, 4.69) is 4.74 Å². The lowest BCUT2D eigenvalue weighted by Gasteiger charge is -2.15. The minimum absolute atomic E-state index is 0.0764. The van der Waals surface area contributed by atoms with E-state index in [1.54, 1.807) is 14.0 Å². The van der Waals surface area contributed by atoms with Crippen LogP contribution in [0.5, 0.6) is 0 Å². The Bertz CT molecular complexity index is 111. The average molecular weight is 146 g/mol. The van der Waals surface area contributed by atoms with Crippen molar-refractivity contribution in [3.8, 4) is 0 Å². The van der Waals surface area contributed by atoms with Crippen LogP contribution in [0.3, 0.4) is 0 Å². The summed E-state index contributed by atoms with van der Waals surface area (Å²) in [5, 5.41) is 0. The number of methoxy groups -OCH3 is 2. The SMILES string of the molecule is COC(=O)[C@@H](C)[C@@H](C)OC. The predicted molar refractivity (Wildman–Crippen MR) is 37.7 cm³/mol. The fourth-order valence-corrected chi connectivity index (χ4v) is 0.582. The highest BCUT2D eigenvalue weighted by molar-refractivity contribution is 5.72. The van der Waals surface area contributed by atoms with E-state index in [0.29, 0.717) is 0 Å². The van der Waals surface area contributed by atoms with Gasteiger partial charge in [-0.05, 0) is 13.8 Å². The van der Waals surface area contributed by atoms with Gasteiger partial charge in [-0.2, -0.15) is 0 Å². The zero-order valence-corrected chi connectivity index (χ0v) is 6.88. The third kappa shape index (κ3) is 2.35. The molecule has 0 amide bonds. The molecule has 0 fully saturated rings. The lowest BCUT2D eigenvalue weighted by atomic mass is 10.1. The van der Waals surface area contributed by atoms with Crippen molar-refractivity contribution in [1.82, 2.24) is 0 Å². The van der Waals surface area contributed by atoms with Crippen LogP contribution < -0.4 is 0 Å². The molecule has 0 unspecified atom stereocenters. The lowest BCUT2D eigenvalue weighted by molar-refractivity contribution is -0.148. The van der Waals surface area contributed by atoms with Crippen molar-refractivity contribution in [3.05, 3.63) is 0 Å². The van der Waals surface area contributed by atoms with Gasteiger partial charge in [0, 0.05) is 7.11 Å². The van der Waals surface area contributed by atoms with E-state index in [1.165, 1.54) is 7.11 Å². The maximum absolute atomic E-state index is 10.8. The third-order valence-electron chi connectivity index (χ3n) is 1.65. The number of rotatable bonds is 3. The molecule has 0 saturated heterocycles. The molecule has 0 heterocycles.